The Morgan fingerprint density at radius 2 is 2.21 bits per heavy atom. The lowest BCUT2D eigenvalue weighted by Crippen LogP contribution is -2.26. The number of thiazole rings is 1. The van der Waals surface area contributed by atoms with E-state index in [9.17, 15) is 4.79 Å². The van der Waals surface area contributed by atoms with Crippen LogP contribution in [0.5, 0.6) is 5.75 Å². The number of amides is 1. The lowest BCUT2D eigenvalue weighted by molar-refractivity contribution is 0.0774. The minimum Gasteiger partial charge on any atom is -0.487 e. The quantitative estimate of drug-likeness (QED) is 0.682. The molecular weight excluding hydrogens is 324 g/mol. The van der Waals surface area contributed by atoms with Crippen LogP contribution in [0.15, 0.2) is 51.7 Å². The van der Waals surface area contributed by atoms with Crippen LogP contribution >= 0.6 is 11.3 Å². The molecule has 0 spiro atoms. The van der Waals surface area contributed by atoms with E-state index in [-0.39, 0.29) is 5.91 Å². The standard InChI is InChI=1S/C18H18N2O3S/c1-13-6-7-17(23-13)9-20(2)18(21)14-4-3-5-16(8-14)22-10-15-11-24-12-19-15/h3-8,11-12H,9-10H2,1-2H3. The Hall–Kier alpha value is -2.60. The Kier molecular flexibility index (Phi) is 4.96. The van der Waals surface area contributed by atoms with Gasteiger partial charge in [0.05, 0.1) is 17.7 Å². The van der Waals surface area contributed by atoms with Crippen molar-refractivity contribution in [2.45, 2.75) is 20.1 Å². The zero-order valence-corrected chi connectivity index (χ0v) is 14.4. The number of hydrogen-bond acceptors (Lipinski definition) is 5. The molecule has 0 aliphatic carbocycles. The molecule has 6 heteroatoms. The van der Waals surface area contributed by atoms with Crippen molar-refractivity contribution < 1.29 is 13.9 Å². The second-order valence-corrected chi connectivity index (χ2v) is 6.19. The van der Waals surface area contributed by atoms with Gasteiger partial charge in [0.1, 0.15) is 23.9 Å². The third kappa shape index (κ3) is 4.02. The van der Waals surface area contributed by atoms with E-state index in [0.717, 1.165) is 17.2 Å². The summed E-state index contributed by atoms with van der Waals surface area (Å²) in [4.78, 5) is 18.4. The number of aromatic nitrogens is 1. The summed E-state index contributed by atoms with van der Waals surface area (Å²) in [6.07, 6.45) is 0. The van der Waals surface area contributed by atoms with Crippen molar-refractivity contribution >= 4 is 17.2 Å². The number of carbonyl (C=O) groups is 1. The smallest absolute Gasteiger partial charge is 0.254 e. The summed E-state index contributed by atoms with van der Waals surface area (Å²) < 4.78 is 11.2. The van der Waals surface area contributed by atoms with E-state index in [0.29, 0.717) is 24.5 Å². The molecule has 0 bridgehead atoms. The summed E-state index contributed by atoms with van der Waals surface area (Å²) in [5, 5.41) is 1.94. The Bertz CT molecular complexity index is 811. The fourth-order valence-corrected chi connectivity index (χ4v) is 2.82. The fraction of sp³-hybridized carbons (Fsp3) is 0.222. The Balaban J connectivity index is 1.64. The van der Waals surface area contributed by atoms with E-state index in [4.69, 9.17) is 9.15 Å². The van der Waals surface area contributed by atoms with Crippen LogP contribution in [0.25, 0.3) is 0 Å². The van der Waals surface area contributed by atoms with Crippen LogP contribution in [0.2, 0.25) is 0 Å². The molecule has 0 unspecified atom stereocenters. The van der Waals surface area contributed by atoms with E-state index in [1.54, 1.807) is 29.6 Å². The number of nitrogens with zero attached hydrogens (tertiary/aromatic N) is 2. The van der Waals surface area contributed by atoms with E-state index in [1.807, 2.05) is 36.6 Å². The number of furan rings is 1. The molecule has 0 radical (unpaired) electrons. The molecule has 0 saturated heterocycles. The molecule has 0 N–H and O–H groups in total. The maximum absolute atomic E-state index is 12.6. The van der Waals surface area contributed by atoms with Gasteiger partial charge in [0.15, 0.2) is 0 Å². The van der Waals surface area contributed by atoms with E-state index in [2.05, 4.69) is 4.98 Å². The van der Waals surface area contributed by atoms with Crippen LogP contribution in [-0.2, 0) is 13.2 Å². The molecule has 124 valence electrons. The molecule has 3 aromatic rings. The van der Waals surface area contributed by atoms with Gasteiger partial charge in [-0.25, -0.2) is 4.98 Å². The van der Waals surface area contributed by atoms with E-state index in [1.165, 1.54) is 11.3 Å². The van der Waals surface area contributed by atoms with Gasteiger partial charge in [-0.05, 0) is 37.3 Å². The first-order chi connectivity index (χ1) is 11.6. The van der Waals surface area contributed by atoms with Crippen molar-refractivity contribution in [2.24, 2.45) is 0 Å². The van der Waals surface area contributed by atoms with Gasteiger partial charge in [-0.15, -0.1) is 11.3 Å². The van der Waals surface area contributed by atoms with Crippen molar-refractivity contribution in [3.05, 3.63) is 70.1 Å². The molecule has 24 heavy (non-hydrogen) atoms. The molecule has 0 fully saturated rings. The number of carbonyl (C=O) groups excluding carboxylic acids is 1. The minimum atomic E-state index is -0.0804. The van der Waals surface area contributed by atoms with E-state index >= 15 is 0 Å². The number of rotatable bonds is 6. The van der Waals surface area contributed by atoms with Crippen LogP contribution in [0.1, 0.15) is 27.6 Å². The van der Waals surface area contributed by atoms with Gasteiger partial charge >= 0.3 is 0 Å². The van der Waals surface area contributed by atoms with Crippen LogP contribution in [0.3, 0.4) is 0 Å². The average molecular weight is 342 g/mol. The zero-order valence-electron chi connectivity index (χ0n) is 13.6. The topological polar surface area (TPSA) is 55.6 Å². The first-order valence-electron chi connectivity index (χ1n) is 7.52. The van der Waals surface area contributed by atoms with Crippen molar-refractivity contribution in [1.29, 1.82) is 0 Å². The molecule has 5 nitrogen and oxygen atoms in total. The second kappa shape index (κ2) is 7.31. The van der Waals surface area contributed by atoms with Crippen molar-refractivity contribution in [1.82, 2.24) is 9.88 Å². The van der Waals surface area contributed by atoms with Gasteiger partial charge in [-0.1, -0.05) is 6.07 Å². The largest absolute Gasteiger partial charge is 0.487 e. The first kappa shape index (κ1) is 16.3. The lowest BCUT2D eigenvalue weighted by Gasteiger charge is -2.16. The zero-order chi connectivity index (χ0) is 16.9. The number of ether oxygens (including phenoxy) is 1. The van der Waals surface area contributed by atoms with Gasteiger partial charge in [-0.2, -0.15) is 0 Å². The summed E-state index contributed by atoms with van der Waals surface area (Å²) in [6.45, 7) is 2.70. The third-order valence-electron chi connectivity index (χ3n) is 3.49. The van der Waals surface area contributed by atoms with Gasteiger partial charge in [0.2, 0.25) is 0 Å². The first-order valence-corrected chi connectivity index (χ1v) is 8.47. The van der Waals surface area contributed by atoms with E-state index < -0.39 is 0 Å². The van der Waals surface area contributed by atoms with Crippen LogP contribution < -0.4 is 4.74 Å². The molecule has 0 atom stereocenters. The van der Waals surface area contributed by atoms with Crippen LogP contribution in [-0.4, -0.2) is 22.8 Å². The lowest BCUT2D eigenvalue weighted by atomic mass is 10.2. The molecule has 0 aliphatic rings. The third-order valence-corrected chi connectivity index (χ3v) is 4.12. The molecule has 2 heterocycles. The second-order valence-electron chi connectivity index (χ2n) is 5.47. The maximum Gasteiger partial charge on any atom is 0.254 e. The highest BCUT2D eigenvalue weighted by atomic mass is 32.1. The van der Waals surface area contributed by atoms with Gasteiger partial charge in [0.25, 0.3) is 5.91 Å². The SMILES string of the molecule is Cc1ccc(CN(C)C(=O)c2cccc(OCc3cscn3)c2)o1. The Morgan fingerprint density at radius 1 is 1.33 bits per heavy atom. The molecule has 1 amide bonds. The fourth-order valence-electron chi connectivity index (χ4n) is 2.28. The average Bonchev–Trinajstić information content (AvgIpc) is 3.24. The Morgan fingerprint density at radius 3 is 2.92 bits per heavy atom. The molecule has 1 aromatic carbocycles. The number of benzene rings is 1. The molecular formula is C18H18N2O3S. The number of aryl methyl sites for hydroxylation is 1. The van der Waals surface area contributed by atoms with Crippen molar-refractivity contribution in [2.75, 3.05) is 7.05 Å². The molecule has 3 rings (SSSR count). The highest BCUT2D eigenvalue weighted by Crippen LogP contribution is 2.17. The van der Waals surface area contributed by atoms with Crippen molar-refractivity contribution in [3.63, 3.8) is 0 Å². The predicted octanol–water partition coefficient (Wildman–Crippen LogP) is 3.90. The number of hydrogen-bond donors (Lipinski definition) is 0. The highest BCUT2D eigenvalue weighted by molar-refractivity contribution is 7.07. The molecule has 0 saturated carbocycles. The summed E-state index contributed by atoms with van der Waals surface area (Å²) in [5.41, 5.74) is 3.22. The summed E-state index contributed by atoms with van der Waals surface area (Å²) >= 11 is 1.53. The van der Waals surface area contributed by atoms with Gasteiger partial charge in [0, 0.05) is 18.0 Å². The Labute approximate surface area is 144 Å². The minimum absolute atomic E-state index is 0.0804. The van der Waals surface area contributed by atoms with Crippen molar-refractivity contribution in [3.8, 4) is 5.75 Å². The summed E-state index contributed by atoms with van der Waals surface area (Å²) in [6, 6.07) is 10.9. The normalized spacial score (nSPS) is 10.6. The summed E-state index contributed by atoms with van der Waals surface area (Å²) in [5.74, 6) is 2.17. The monoisotopic (exact) mass is 342 g/mol. The van der Waals surface area contributed by atoms with Gasteiger partial charge in [-0.3, -0.25) is 4.79 Å². The van der Waals surface area contributed by atoms with Gasteiger partial charge < -0.3 is 14.1 Å². The predicted molar refractivity (Wildman–Crippen MR) is 92.1 cm³/mol. The van der Waals surface area contributed by atoms with Crippen LogP contribution in [0.4, 0.5) is 0 Å². The molecule has 0 aliphatic heterocycles. The highest BCUT2D eigenvalue weighted by Gasteiger charge is 2.14. The van der Waals surface area contributed by atoms with Crippen LogP contribution in [0, 0.1) is 6.92 Å². The maximum atomic E-state index is 12.6. The summed E-state index contributed by atoms with van der Waals surface area (Å²) in [7, 11) is 1.75. The molecule has 2 aromatic heterocycles.